The summed E-state index contributed by atoms with van der Waals surface area (Å²) in [4.78, 5) is 13.4. The third kappa shape index (κ3) is 2.89. The molecular formula is C12H15FN2O3. The molecule has 1 fully saturated rings. The third-order valence-corrected chi connectivity index (χ3v) is 2.70. The summed E-state index contributed by atoms with van der Waals surface area (Å²) < 4.78 is 23.7. The molecule has 6 heteroatoms. The van der Waals surface area contributed by atoms with Gasteiger partial charge in [0.15, 0.2) is 18.2 Å². The lowest BCUT2D eigenvalue weighted by Gasteiger charge is -2.26. The Bertz CT molecular complexity index is 413. The lowest BCUT2D eigenvalue weighted by Crippen LogP contribution is -2.43. The van der Waals surface area contributed by atoms with Crippen molar-refractivity contribution in [3.63, 3.8) is 0 Å². The lowest BCUT2D eigenvalue weighted by molar-refractivity contribution is -0.137. The summed E-state index contributed by atoms with van der Waals surface area (Å²) in [6, 6.07) is 4.25. The van der Waals surface area contributed by atoms with Crippen LogP contribution in [-0.4, -0.2) is 43.7 Å². The van der Waals surface area contributed by atoms with E-state index in [9.17, 15) is 9.18 Å². The number of hydrogen-bond acceptors (Lipinski definition) is 4. The molecule has 0 atom stereocenters. The summed E-state index contributed by atoms with van der Waals surface area (Å²) in [6.07, 6.45) is 0. The molecule has 5 nitrogen and oxygen atoms in total. The van der Waals surface area contributed by atoms with Crippen LogP contribution >= 0.6 is 0 Å². The van der Waals surface area contributed by atoms with Crippen LogP contribution in [0.15, 0.2) is 18.2 Å². The Morgan fingerprint density at radius 2 is 2.17 bits per heavy atom. The van der Waals surface area contributed by atoms with E-state index in [4.69, 9.17) is 15.2 Å². The zero-order chi connectivity index (χ0) is 13.0. The average molecular weight is 254 g/mol. The molecule has 0 radical (unpaired) electrons. The van der Waals surface area contributed by atoms with Crippen LogP contribution in [0.1, 0.15) is 0 Å². The number of amides is 1. The van der Waals surface area contributed by atoms with Crippen molar-refractivity contribution < 1.29 is 18.7 Å². The molecule has 1 amide bonds. The molecule has 1 aliphatic rings. The van der Waals surface area contributed by atoms with Gasteiger partial charge in [-0.05, 0) is 12.1 Å². The van der Waals surface area contributed by atoms with Gasteiger partial charge < -0.3 is 20.1 Å². The van der Waals surface area contributed by atoms with E-state index in [1.54, 1.807) is 4.90 Å². The molecule has 2 rings (SSSR count). The van der Waals surface area contributed by atoms with Crippen molar-refractivity contribution in [2.75, 3.05) is 38.6 Å². The number of carbonyl (C=O) groups is 1. The number of para-hydroxylation sites is 1. The number of benzene rings is 1. The van der Waals surface area contributed by atoms with Gasteiger partial charge >= 0.3 is 0 Å². The van der Waals surface area contributed by atoms with Crippen molar-refractivity contribution in [2.45, 2.75) is 0 Å². The molecule has 0 bridgehead atoms. The van der Waals surface area contributed by atoms with Crippen LogP contribution in [0.25, 0.3) is 0 Å². The molecule has 1 aliphatic heterocycles. The Hall–Kier alpha value is -1.82. The van der Waals surface area contributed by atoms with Gasteiger partial charge in [0.2, 0.25) is 0 Å². The second-order valence-electron chi connectivity index (χ2n) is 3.94. The highest BCUT2D eigenvalue weighted by Gasteiger charge is 2.18. The SMILES string of the molecule is Nc1cccc(F)c1OCC(=O)N1CCOCC1. The predicted molar refractivity (Wildman–Crippen MR) is 63.7 cm³/mol. The van der Waals surface area contributed by atoms with Gasteiger partial charge in [-0.3, -0.25) is 4.79 Å². The van der Waals surface area contributed by atoms with Crippen LogP contribution in [0.4, 0.5) is 10.1 Å². The second kappa shape index (κ2) is 5.68. The van der Waals surface area contributed by atoms with Crippen LogP contribution in [0.3, 0.4) is 0 Å². The van der Waals surface area contributed by atoms with Crippen LogP contribution in [-0.2, 0) is 9.53 Å². The van der Waals surface area contributed by atoms with Gasteiger partial charge in [0.05, 0.1) is 18.9 Å². The van der Waals surface area contributed by atoms with Gasteiger partial charge in [0.25, 0.3) is 5.91 Å². The Morgan fingerprint density at radius 3 is 2.83 bits per heavy atom. The Balaban J connectivity index is 1.92. The summed E-state index contributed by atoms with van der Waals surface area (Å²) in [5.41, 5.74) is 5.76. The molecule has 0 aliphatic carbocycles. The number of carbonyl (C=O) groups excluding carboxylic acids is 1. The number of rotatable bonds is 3. The van der Waals surface area contributed by atoms with E-state index in [1.807, 2.05) is 0 Å². The molecule has 1 aromatic carbocycles. The maximum atomic E-state index is 13.4. The summed E-state index contributed by atoms with van der Waals surface area (Å²) in [7, 11) is 0. The van der Waals surface area contributed by atoms with Gasteiger partial charge in [-0.2, -0.15) is 0 Å². The maximum Gasteiger partial charge on any atom is 0.260 e. The van der Waals surface area contributed by atoms with Crippen LogP contribution in [0.2, 0.25) is 0 Å². The summed E-state index contributed by atoms with van der Waals surface area (Å²) in [6.45, 7) is 1.90. The average Bonchev–Trinajstić information content (AvgIpc) is 2.39. The molecule has 0 spiro atoms. The van der Waals surface area contributed by atoms with Crippen LogP contribution in [0.5, 0.6) is 5.75 Å². The lowest BCUT2D eigenvalue weighted by atomic mass is 10.3. The summed E-state index contributed by atoms with van der Waals surface area (Å²) >= 11 is 0. The number of halogens is 1. The summed E-state index contributed by atoms with van der Waals surface area (Å²) in [5.74, 6) is -0.829. The molecule has 1 heterocycles. The fourth-order valence-corrected chi connectivity index (χ4v) is 1.72. The number of ether oxygens (including phenoxy) is 2. The van der Waals surface area contributed by atoms with E-state index in [0.29, 0.717) is 26.3 Å². The molecule has 1 saturated heterocycles. The van der Waals surface area contributed by atoms with Crippen LogP contribution < -0.4 is 10.5 Å². The first-order valence-corrected chi connectivity index (χ1v) is 5.71. The van der Waals surface area contributed by atoms with E-state index >= 15 is 0 Å². The highest BCUT2D eigenvalue weighted by atomic mass is 19.1. The third-order valence-electron chi connectivity index (χ3n) is 2.70. The van der Waals surface area contributed by atoms with E-state index in [0.717, 1.165) is 0 Å². The molecule has 1 aromatic rings. The Kier molecular flexibility index (Phi) is 3.99. The standard InChI is InChI=1S/C12H15FN2O3/c13-9-2-1-3-10(14)12(9)18-8-11(16)15-4-6-17-7-5-15/h1-3H,4-8,14H2. The zero-order valence-electron chi connectivity index (χ0n) is 9.89. The molecule has 0 saturated carbocycles. The molecule has 0 unspecified atom stereocenters. The second-order valence-corrected chi connectivity index (χ2v) is 3.94. The van der Waals surface area contributed by atoms with E-state index in [1.165, 1.54) is 18.2 Å². The first-order valence-electron chi connectivity index (χ1n) is 5.71. The normalized spacial score (nSPS) is 15.5. The first kappa shape index (κ1) is 12.6. The van der Waals surface area contributed by atoms with Crippen molar-refractivity contribution in [2.24, 2.45) is 0 Å². The molecule has 0 aromatic heterocycles. The number of nitrogens with two attached hydrogens (primary N) is 1. The number of morpholine rings is 1. The van der Waals surface area contributed by atoms with Crippen molar-refractivity contribution >= 4 is 11.6 Å². The predicted octanol–water partition coefficient (Wildman–Crippen LogP) is 0.645. The maximum absolute atomic E-state index is 13.4. The van der Waals surface area contributed by atoms with E-state index < -0.39 is 5.82 Å². The van der Waals surface area contributed by atoms with E-state index in [2.05, 4.69) is 0 Å². The molecular weight excluding hydrogens is 239 g/mol. The number of nitrogen functional groups attached to an aromatic ring is 1. The van der Waals surface area contributed by atoms with Crippen molar-refractivity contribution in [3.8, 4) is 5.75 Å². The smallest absolute Gasteiger partial charge is 0.260 e. The molecule has 98 valence electrons. The van der Waals surface area contributed by atoms with Gasteiger partial charge in [-0.15, -0.1) is 0 Å². The van der Waals surface area contributed by atoms with Gasteiger partial charge in [0.1, 0.15) is 0 Å². The Labute approximate surface area is 104 Å². The molecule has 18 heavy (non-hydrogen) atoms. The van der Waals surface area contributed by atoms with E-state index in [-0.39, 0.29) is 24.0 Å². The van der Waals surface area contributed by atoms with Crippen LogP contribution in [0, 0.1) is 5.82 Å². The highest BCUT2D eigenvalue weighted by molar-refractivity contribution is 5.78. The zero-order valence-corrected chi connectivity index (χ0v) is 9.89. The van der Waals surface area contributed by atoms with Gasteiger partial charge in [0, 0.05) is 13.1 Å². The topological polar surface area (TPSA) is 64.8 Å². The fraction of sp³-hybridized carbons (Fsp3) is 0.417. The number of hydrogen-bond donors (Lipinski definition) is 1. The fourth-order valence-electron chi connectivity index (χ4n) is 1.72. The monoisotopic (exact) mass is 254 g/mol. The quantitative estimate of drug-likeness (QED) is 0.804. The summed E-state index contributed by atoms with van der Waals surface area (Å²) in [5, 5.41) is 0. The minimum absolute atomic E-state index is 0.0703. The minimum Gasteiger partial charge on any atom is -0.479 e. The van der Waals surface area contributed by atoms with Crippen molar-refractivity contribution in [3.05, 3.63) is 24.0 Å². The largest absolute Gasteiger partial charge is 0.479 e. The first-order chi connectivity index (χ1) is 8.68. The molecule has 2 N–H and O–H groups in total. The number of anilines is 1. The Morgan fingerprint density at radius 1 is 1.44 bits per heavy atom. The van der Waals surface area contributed by atoms with Gasteiger partial charge in [-0.25, -0.2) is 4.39 Å². The van der Waals surface area contributed by atoms with Crippen molar-refractivity contribution in [1.29, 1.82) is 0 Å². The number of nitrogens with zero attached hydrogens (tertiary/aromatic N) is 1. The minimum atomic E-state index is -0.565. The highest BCUT2D eigenvalue weighted by Crippen LogP contribution is 2.24. The van der Waals surface area contributed by atoms with Crippen molar-refractivity contribution in [1.82, 2.24) is 4.90 Å². The van der Waals surface area contributed by atoms with Gasteiger partial charge in [-0.1, -0.05) is 6.07 Å².